The first kappa shape index (κ1) is 44.5. The van der Waals surface area contributed by atoms with E-state index >= 15 is 0 Å². The highest BCUT2D eigenvalue weighted by Crippen LogP contribution is 2.54. The number of nitrogens with zero attached hydrogens (tertiary/aromatic N) is 2. The Kier molecular flexibility index (Phi) is 10.4. The van der Waals surface area contributed by atoms with Gasteiger partial charge in [0, 0.05) is 53.1 Å². The van der Waals surface area contributed by atoms with Crippen LogP contribution in [-0.4, -0.2) is 0 Å². The summed E-state index contributed by atoms with van der Waals surface area (Å²) >= 11 is 3.80. The third-order valence-corrected chi connectivity index (χ3v) is 17.3. The van der Waals surface area contributed by atoms with Gasteiger partial charge in [0.25, 0.3) is 0 Å². The van der Waals surface area contributed by atoms with E-state index in [9.17, 15) is 0 Å². The molecule has 346 valence electrons. The van der Waals surface area contributed by atoms with Crippen LogP contribution in [-0.2, 0) is 10.8 Å². The Bertz CT molecular complexity index is 3700. The van der Waals surface area contributed by atoms with Crippen molar-refractivity contribution in [3.05, 3.63) is 192 Å². The molecule has 0 unspecified atom stereocenters. The van der Waals surface area contributed by atoms with Crippen molar-refractivity contribution < 1.29 is 0 Å². The number of rotatable bonds is 8. The molecule has 10 aromatic carbocycles. The van der Waals surface area contributed by atoms with E-state index in [1.807, 2.05) is 22.7 Å². The zero-order valence-corrected chi connectivity index (χ0v) is 43.7. The van der Waals surface area contributed by atoms with Crippen LogP contribution >= 0.6 is 22.7 Å². The lowest BCUT2D eigenvalue weighted by Gasteiger charge is -2.32. The van der Waals surface area contributed by atoms with Crippen LogP contribution in [0.25, 0.3) is 72.7 Å². The molecule has 12 rings (SSSR count). The molecule has 0 aliphatic rings. The molecule has 0 spiro atoms. The Labute approximate surface area is 420 Å². The quantitative estimate of drug-likeness (QED) is 0.140. The Hall–Kier alpha value is -6.72. The Morgan fingerprint density at radius 3 is 1.07 bits per heavy atom. The first-order chi connectivity index (χ1) is 33.7. The molecule has 0 N–H and O–H groups in total. The summed E-state index contributed by atoms with van der Waals surface area (Å²) in [6.45, 7) is 23.3. The molecule has 70 heavy (non-hydrogen) atoms. The molecule has 2 heterocycles. The maximum atomic E-state index is 2.58. The van der Waals surface area contributed by atoms with Crippen molar-refractivity contribution in [1.82, 2.24) is 0 Å². The SMILES string of the molecule is CC(C)c1cc(N(c2ccc(C(C)(C)C)cc2)c2cccc3c2sc2ccccc23)c2ccc3c(C(C)C)cc(N(c4ccc(C(C)(C)C)cc4)c4cccc5c4sc4ccccc45)c4ccc1c2c34. The molecule has 0 atom stereocenters. The lowest BCUT2D eigenvalue weighted by molar-refractivity contribution is 0.590. The first-order valence-corrected chi connectivity index (χ1v) is 26.7. The predicted octanol–water partition coefficient (Wildman–Crippen LogP) is 21.1. The third kappa shape index (κ3) is 7.09. The summed E-state index contributed by atoms with van der Waals surface area (Å²) in [5.74, 6) is 0.557. The lowest BCUT2D eigenvalue weighted by atomic mass is 9.83. The van der Waals surface area contributed by atoms with Gasteiger partial charge in [0.15, 0.2) is 0 Å². The summed E-state index contributed by atoms with van der Waals surface area (Å²) in [4.78, 5) is 5.16. The maximum absolute atomic E-state index is 2.58. The largest absolute Gasteiger partial charge is 0.308 e. The van der Waals surface area contributed by atoms with Crippen LogP contribution in [0.2, 0.25) is 0 Å². The van der Waals surface area contributed by atoms with E-state index in [4.69, 9.17) is 0 Å². The average molecular weight is 945 g/mol. The van der Waals surface area contributed by atoms with Gasteiger partial charge in [0.2, 0.25) is 0 Å². The Morgan fingerprint density at radius 1 is 0.343 bits per heavy atom. The van der Waals surface area contributed by atoms with Crippen molar-refractivity contribution in [1.29, 1.82) is 0 Å². The zero-order valence-electron chi connectivity index (χ0n) is 42.0. The van der Waals surface area contributed by atoms with Crippen molar-refractivity contribution >= 4 is 129 Å². The second kappa shape index (κ2) is 16.4. The zero-order chi connectivity index (χ0) is 48.4. The van der Waals surface area contributed by atoms with Gasteiger partial charge in [-0.1, -0.05) is 178 Å². The molecule has 0 bridgehead atoms. The van der Waals surface area contributed by atoms with Gasteiger partial charge in [-0.05, 0) is 127 Å². The number of benzene rings is 10. The van der Waals surface area contributed by atoms with E-state index < -0.39 is 0 Å². The normalized spacial score (nSPS) is 12.7. The van der Waals surface area contributed by atoms with Gasteiger partial charge >= 0.3 is 0 Å². The number of hydrogen-bond acceptors (Lipinski definition) is 4. The molecule has 0 fully saturated rings. The molecule has 2 nitrogen and oxygen atoms in total. The van der Waals surface area contributed by atoms with E-state index in [1.54, 1.807) is 0 Å². The summed E-state index contributed by atoms with van der Waals surface area (Å²) in [7, 11) is 0. The van der Waals surface area contributed by atoms with Crippen LogP contribution < -0.4 is 9.80 Å². The van der Waals surface area contributed by atoms with E-state index in [2.05, 4.69) is 249 Å². The second-order valence-corrected chi connectivity index (χ2v) is 24.2. The molecule has 0 aliphatic heterocycles. The van der Waals surface area contributed by atoms with Crippen molar-refractivity contribution in [3.8, 4) is 0 Å². The molecule has 0 radical (unpaired) electrons. The second-order valence-electron chi connectivity index (χ2n) is 22.1. The summed E-state index contributed by atoms with van der Waals surface area (Å²) in [5.41, 5.74) is 12.6. The Balaban J connectivity index is 1.20. The van der Waals surface area contributed by atoms with Crippen molar-refractivity contribution in [2.45, 2.75) is 91.9 Å². The lowest BCUT2D eigenvalue weighted by Crippen LogP contribution is -2.15. The summed E-state index contributed by atoms with van der Waals surface area (Å²) < 4.78 is 5.22. The summed E-state index contributed by atoms with van der Waals surface area (Å²) in [6, 6.07) is 65.2. The van der Waals surface area contributed by atoms with E-state index in [0.29, 0.717) is 0 Å². The molecule has 12 aromatic rings. The van der Waals surface area contributed by atoms with Crippen LogP contribution in [0.15, 0.2) is 170 Å². The van der Waals surface area contributed by atoms with Gasteiger partial charge in [0.1, 0.15) is 0 Å². The fourth-order valence-corrected chi connectivity index (χ4v) is 13.6. The molecule has 0 saturated carbocycles. The van der Waals surface area contributed by atoms with Gasteiger partial charge in [-0.15, -0.1) is 22.7 Å². The summed E-state index contributed by atoms with van der Waals surface area (Å²) in [6.07, 6.45) is 0. The van der Waals surface area contributed by atoms with Gasteiger partial charge in [-0.2, -0.15) is 0 Å². The first-order valence-electron chi connectivity index (χ1n) is 25.1. The van der Waals surface area contributed by atoms with E-state index in [1.165, 1.54) is 118 Å². The standard InChI is InChI=1S/C66H60N2S2/c1-39(2)53-37-57(67(43-29-25-41(26-30-43)65(5,6)7)55-21-15-19-49-45-17-11-13-23-59(45)69-63(49)55)51-36-34-48-54(40(3)4)38-58(52-35-33-47(53)61(51)62(48)52)68(44-31-27-42(28-32-44)66(8,9)10)56-22-16-20-50-46-18-12-14-24-60(46)70-64(50)56/h11-40H,1-10H3. The molecule has 0 saturated heterocycles. The van der Waals surface area contributed by atoms with Crippen molar-refractivity contribution in [3.63, 3.8) is 0 Å². The van der Waals surface area contributed by atoms with Crippen LogP contribution in [0.3, 0.4) is 0 Å². The highest BCUT2D eigenvalue weighted by molar-refractivity contribution is 7.26. The molecular weight excluding hydrogens is 885 g/mol. The molecular formula is C66H60N2S2. The molecule has 0 amide bonds. The fraction of sp³-hybridized carbons (Fsp3) is 0.212. The number of anilines is 6. The van der Waals surface area contributed by atoms with Crippen LogP contribution in [0, 0.1) is 0 Å². The minimum absolute atomic E-state index is 0.0312. The van der Waals surface area contributed by atoms with Gasteiger partial charge in [-0.3, -0.25) is 0 Å². The third-order valence-electron chi connectivity index (χ3n) is 14.9. The van der Waals surface area contributed by atoms with Crippen molar-refractivity contribution in [2.75, 3.05) is 9.80 Å². The monoisotopic (exact) mass is 944 g/mol. The topological polar surface area (TPSA) is 6.48 Å². The summed E-state index contributed by atoms with van der Waals surface area (Å²) in [5, 5.41) is 13.1. The minimum atomic E-state index is 0.0312. The number of fused-ring (bicyclic) bond motifs is 6. The molecule has 2 aromatic heterocycles. The maximum Gasteiger partial charge on any atom is 0.0640 e. The van der Waals surface area contributed by atoms with Gasteiger partial charge < -0.3 is 9.80 Å². The van der Waals surface area contributed by atoms with Crippen LogP contribution in [0.4, 0.5) is 34.1 Å². The van der Waals surface area contributed by atoms with Gasteiger partial charge in [-0.25, -0.2) is 0 Å². The highest BCUT2D eigenvalue weighted by Gasteiger charge is 2.29. The minimum Gasteiger partial charge on any atom is -0.308 e. The highest BCUT2D eigenvalue weighted by atomic mass is 32.1. The Morgan fingerprint density at radius 2 is 0.700 bits per heavy atom. The fourth-order valence-electron chi connectivity index (χ4n) is 11.2. The van der Waals surface area contributed by atoms with E-state index in [-0.39, 0.29) is 22.7 Å². The average Bonchev–Trinajstić information content (AvgIpc) is 3.93. The van der Waals surface area contributed by atoms with Crippen LogP contribution in [0.5, 0.6) is 0 Å². The van der Waals surface area contributed by atoms with Crippen molar-refractivity contribution in [2.24, 2.45) is 0 Å². The molecule has 0 aliphatic carbocycles. The smallest absolute Gasteiger partial charge is 0.0640 e. The van der Waals surface area contributed by atoms with Crippen LogP contribution in [0.1, 0.15) is 103 Å². The number of thiophene rings is 2. The number of hydrogen-bond donors (Lipinski definition) is 0. The molecule has 4 heteroatoms. The van der Waals surface area contributed by atoms with E-state index in [0.717, 1.165) is 11.4 Å². The predicted molar refractivity (Wildman–Crippen MR) is 311 cm³/mol. The van der Waals surface area contributed by atoms with Gasteiger partial charge in [0.05, 0.1) is 32.1 Å².